The number of aromatic carboxylic acids is 1. The number of carboxylic acids is 1. The van der Waals surface area contributed by atoms with E-state index in [1.54, 1.807) is 12.1 Å². The Bertz CT molecular complexity index is 690. The Hall–Kier alpha value is -2.89. The molecule has 3 N–H and O–H groups in total. The van der Waals surface area contributed by atoms with Crippen molar-refractivity contribution in [1.29, 1.82) is 5.26 Å². The number of ether oxygens (including phenoxy) is 1. The lowest BCUT2D eigenvalue weighted by molar-refractivity contribution is -0.117. The molecule has 8 heteroatoms. The van der Waals surface area contributed by atoms with Gasteiger partial charge in [-0.15, -0.1) is 0 Å². The average molecular weight is 344 g/mol. The summed E-state index contributed by atoms with van der Waals surface area (Å²) in [6.07, 6.45) is 1.27. The normalized spacial score (nSPS) is 15.2. The molecule has 1 aromatic carbocycles. The third-order valence-electron chi connectivity index (χ3n) is 3.68. The van der Waals surface area contributed by atoms with E-state index in [1.165, 1.54) is 18.3 Å². The molecule has 0 spiro atoms. The smallest absolute Gasteiger partial charge is 0.335 e. The molecule has 2 rings (SSSR count). The second-order valence-corrected chi connectivity index (χ2v) is 5.41. The monoisotopic (exact) mass is 344 g/mol. The highest BCUT2D eigenvalue weighted by Crippen LogP contribution is 2.11. The molecule has 1 amide bonds. The highest BCUT2D eigenvalue weighted by Gasteiger charge is 2.12. The molecular formula is C17H20N4O4. The molecule has 0 bridgehead atoms. The van der Waals surface area contributed by atoms with Crippen LogP contribution in [-0.4, -0.2) is 61.3 Å². The maximum Gasteiger partial charge on any atom is 0.335 e. The Kier molecular flexibility index (Phi) is 6.95. The van der Waals surface area contributed by atoms with Crippen molar-refractivity contribution in [3.05, 3.63) is 41.6 Å². The van der Waals surface area contributed by atoms with Gasteiger partial charge in [-0.05, 0) is 18.2 Å². The maximum atomic E-state index is 12.0. The van der Waals surface area contributed by atoms with E-state index in [-0.39, 0.29) is 11.1 Å². The Morgan fingerprint density at radius 3 is 2.80 bits per heavy atom. The van der Waals surface area contributed by atoms with Crippen molar-refractivity contribution in [3.63, 3.8) is 0 Å². The number of hydrogen-bond acceptors (Lipinski definition) is 6. The number of nitrogens with one attached hydrogen (secondary N) is 2. The van der Waals surface area contributed by atoms with Gasteiger partial charge in [0.15, 0.2) is 0 Å². The Morgan fingerprint density at radius 2 is 2.12 bits per heavy atom. The van der Waals surface area contributed by atoms with Gasteiger partial charge in [-0.25, -0.2) is 4.79 Å². The van der Waals surface area contributed by atoms with Crippen molar-refractivity contribution in [2.75, 3.05) is 44.7 Å². The third kappa shape index (κ3) is 5.91. The Labute approximate surface area is 145 Å². The number of benzene rings is 1. The van der Waals surface area contributed by atoms with E-state index < -0.39 is 11.9 Å². The second-order valence-electron chi connectivity index (χ2n) is 5.41. The first-order chi connectivity index (χ1) is 12.1. The fraction of sp³-hybridized carbons (Fsp3) is 0.353. The summed E-state index contributed by atoms with van der Waals surface area (Å²) in [7, 11) is 0. The number of carbonyl (C=O) groups excluding carboxylic acids is 1. The number of morpholine rings is 1. The first kappa shape index (κ1) is 18.4. The number of nitrogens with zero attached hydrogens (tertiary/aromatic N) is 2. The minimum atomic E-state index is -1.05. The van der Waals surface area contributed by atoms with Crippen molar-refractivity contribution in [2.24, 2.45) is 0 Å². The molecule has 1 aromatic rings. The molecular weight excluding hydrogens is 324 g/mol. The van der Waals surface area contributed by atoms with E-state index in [0.717, 1.165) is 13.1 Å². The summed E-state index contributed by atoms with van der Waals surface area (Å²) in [5.74, 6) is -1.52. The first-order valence-corrected chi connectivity index (χ1v) is 7.88. The molecule has 0 saturated carbocycles. The molecule has 25 heavy (non-hydrogen) atoms. The number of rotatable bonds is 7. The molecule has 132 valence electrons. The summed E-state index contributed by atoms with van der Waals surface area (Å²) in [5, 5.41) is 23.6. The van der Waals surface area contributed by atoms with Crippen LogP contribution in [-0.2, 0) is 9.53 Å². The van der Waals surface area contributed by atoms with Crippen molar-refractivity contribution in [3.8, 4) is 6.07 Å². The van der Waals surface area contributed by atoms with E-state index in [1.807, 2.05) is 6.07 Å². The van der Waals surface area contributed by atoms with Gasteiger partial charge in [0.1, 0.15) is 11.6 Å². The zero-order chi connectivity index (χ0) is 18.1. The Balaban J connectivity index is 1.86. The fourth-order valence-electron chi connectivity index (χ4n) is 2.29. The van der Waals surface area contributed by atoms with Crippen LogP contribution in [0.2, 0.25) is 0 Å². The number of carbonyl (C=O) groups is 2. The van der Waals surface area contributed by atoms with E-state index in [4.69, 9.17) is 15.1 Å². The molecule has 1 saturated heterocycles. The minimum absolute atomic E-state index is 0.0808. The highest BCUT2D eigenvalue weighted by atomic mass is 16.5. The van der Waals surface area contributed by atoms with Gasteiger partial charge in [-0.3, -0.25) is 9.69 Å². The largest absolute Gasteiger partial charge is 0.478 e. The van der Waals surface area contributed by atoms with Crippen molar-refractivity contribution in [1.82, 2.24) is 10.2 Å². The van der Waals surface area contributed by atoms with E-state index in [9.17, 15) is 9.59 Å². The number of hydrogen-bond donors (Lipinski definition) is 3. The fourth-order valence-corrected chi connectivity index (χ4v) is 2.29. The molecule has 1 aliphatic heterocycles. The van der Waals surface area contributed by atoms with Gasteiger partial charge >= 0.3 is 5.97 Å². The van der Waals surface area contributed by atoms with Gasteiger partial charge in [0.25, 0.3) is 5.91 Å². The summed E-state index contributed by atoms with van der Waals surface area (Å²) >= 11 is 0. The standard InChI is InChI=1S/C17H20N4O4/c18-11-14(12-20-15-3-1-2-13(10-15)17(23)24)16(22)19-4-5-21-6-8-25-9-7-21/h1-3,10,12,20H,4-9H2,(H,19,22)(H,23,24)/b14-12-. The number of amides is 1. The lowest BCUT2D eigenvalue weighted by Gasteiger charge is -2.26. The zero-order valence-electron chi connectivity index (χ0n) is 13.7. The van der Waals surface area contributed by atoms with Crippen LogP contribution in [0.1, 0.15) is 10.4 Å². The van der Waals surface area contributed by atoms with E-state index >= 15 is 0 Å². The highest BCUT2D eigenvalue weighted by molar-refractivity contribution is 5.97. The van der Waals surface area contributed by atoms with Gasteiger partial charge in [-0.2, -0.15) is 5.26 Å². The second kappa shape index (κ2) is 9.42. The van der Waals surface area contributed by atoms with Crippen LogP contribution in [0.3, 0.4) is 0 Å². The van der Waals surface area contributed by atoms with Crippen LogP contribution < -0.4 is 10.6 Å². The number of carboxylic acid groups (broad SMARTS) is 1. The maximum absolute atomic E-state index is 12.0. The summed E-state index contributed by atoms with van der Waals surface area (Å²) in [6, 6.07) is 7.94. The molecule has 1 fully saturated rings. The third-order valence-corrected chi connectivity index (χ3v) is 3.68. The summed E-state index contributed by atoms with van der Waals surface area (Å²) < 4.78 is 5.25. The summed E-state index contributed by atoms with van der Waals surface area (Å²) in [5.41, 5.74) is 0.517. The first-order valence-electron chi connectivity index (χ1n) is 7.88. The van der Waals surface area contributed by atoms with Crippen LogP contribution in [0, 0.1) is 11.3 Å². The lowest BCUT2D eigenvalue weighted by atomic mass is 10.2. The van der Waals surface area contributed by atoms with Crippen LogP contribution >= 0.6 is 0 Å². The van der Waals surface area contributed by atoms with Crippen molar-refractivity contribution < 1.29 is 19.4 Å². The van der Waals surface area contributed by atoms with Gasteiger partial charge < -0.3 is 20.5 Å². The molecule has 0 aliphatic carbocycles. The topological polar surface area (TPSA) is 115 Å². The van der Waals surface area contributed by atoms with Crippen molar-refractivity contribution >= 4 is 17.6 Å². The molecule has 0 aromatic heterocycles. The predicted molar refractivity (Wildman–Crippen MR) is 91.0 cm³/mol. The molecule has 0 radical (unpaired) electrons. The summed E-state index contributed by atoms with van der Waals surface area (Å²) in [4.78, 5) is 25.1. The Morgan fingerprint density at radius 1 is 1.36 bits per heavy atom. The molecule has 1 heterocycles. The molecule has 8 nitrogen and oxygen atoms in total. The van der Waals surface area contributed by atoms with E-state index in [2.05, 4.69) is 15.5 Å². The quantitative estimate of drug-likeness (QED) is 0.491. The molecule has 0 unspecified atom stereocenters. The van der Waals surface area contributed by atoms with Crippen LogP contribution in [0.25, 0.3) is 0 Å². The van der Waals surface area contributed by atoms with Crippen LogP contribution in [0.4, 0.5) is 5.69 Å². The van der Waals surface area contributed by atoms with Gasteiger partial charge in [0.05, 0.1) is 18.8 Å². The minimum Gasteiger partial charge on any atom is -0.478 e. The van der Waals surface area contributed by atoms with Crippen LogP contribution in [0.15, 0.2) is 36.0 Å². The SMILES string of the molecule is N#C/C(=C/Nc1cccc(C(=O)O)c1)C(=O)NCCN1CCOCC1. The summed E-state index contributed by atoms with van der Waals surface area (Å²) in [6.45, 7) is 4.18. The van der Waals surface area contributed by atoms with Crippen LogP contribution in [0.5, 0.6) is 0 Å². The number of nitriles is 1. The van der Waals surface area contributed by atoms with E-state index in [0.29, 0.717) is 32.0 Å². The van der Waals surface area contributed by atoms with Gasteiger partial charge in [-0.1, -0.05) is 6.07 Å². The predicted octanol–water partition coefficient (Wildman–Crippen LogP) is 0.653. The number of anilines is 1. The molecule has 1 aliphatic rings. The average Bonchev–Trinajstić information content (AvgIpc) is 2.63. The van der Waals surface area contributed by atoms with Gasteiger partial charge in [0, 0.05) is 38.1 Å². The molecule has 0 atom stereocenters. The van der Waals surface area contributed by atoms with Crippen molar-refractivity contribution in [2.45, 2.75) is 0 Å². The lowest BCUT2D eigenvalue weighted by Crippen LogP contribution is -2.41. The van der Waals surface area contributed by atoms with Gasteiger partial charge in [0.2, 0.25) is 0 Å². The zero-order valence-corrected chi connectivity index (χ0v) is 13.7.